The molecule has 0 bridgehead atoms. The third-order valence-corrected chi connectivity index (χ3v) is 4.53. The van der Waals surface area contributed by atoms with E-state index < -0.39 is 7.82 Å². The molecule has 0 saturated heterocycles. The predicted octanol–water partition coefficient (Wildman–Crippen LogP) is 5.32. The third kappa shape index (κ3) is 26.1. The van der Waals surface area contributed by atoms with Crippen LogP contribution in [0.15, 0.2) is 0 Å². The van der Waals surface area contributed by atoms with E-state index in [4.69, 9.17) is 9.79 Å². The second-order valence-corrected chi connectivity index (χ2v) is 7.51. The molecule has 0 aromatic heterocycles. The molecule has 0 heterocycles. The summed E-state index contributed by atoms with van der Waals surface area (Å²) in [6.45, 7) is 2.43. The minimum absolute atomic E-state index is 0. The molecule has 0 aliphatic carbocycles. The first kappa shape index (κ1) is 27.0. The van der Waals surface area contributed by atoms with Gasteiger partial charge in [-0.25, -0.2) is 4.57 Å². The van der Waals surface area contributed by atoms with Gasteiger partial charge in [0.1, 0.15) is 0 Å². The van der Waals surface area contributed by atoms with Crippen LogP contribution >= 0.6 is 7.82 Å². The zero-order valence-corrected chi connectivity index (χ0v) is 15.4. The second kappa shape index (κ2) is 20.1. The number of phosphoric acid groups is 1. The average molecular weight is 377 g/mol. The van der Waals surface area contributed by atoms with E-state index in [0.29, 0.717) is 0 Å². The van der Waals surface area contributed by atoms with Crippen molar-refractivity contribution in [1.29, 1.82) is 0 Å². The molecule has 23 heavy (non-hydrogen) atoms. The molecular weight excluding hydrogens is 338 g/mol. The van der Waals surface area contributed by atoms with Gasteiger partial charge in [0.15, 0.2) is 0 Å². The summed E-state index contributed by atoms with van der Waals surface area (Å²) in [5, 5.41) is 0. The van der Waals surface area contributed by atoms with Gasteiger partial charge in [0, 0.05) is 0 Å². The molecule has 0 aromatic carbocycles. The Morgan fingerprint density at radius 1 is 0.652 bits per heavy atom. The van der Waals surface area contributed by atoms with E-state index >= 15 is 0 Å². The Morgan fingerprint density at radius 3 is 1.26 bits per heavy atom. The summed E-state index contributed by atoms with van der Waals surface area (Å²) >= 11 is 0. The molecule has 0 amide bonds. The summed E-state index contributed by atoms with van der Waals surface area (Å²) in [5.74, 6) is 0. The molecule has 0 aliphatic heterocycles. The van der Waals surface area contributed by atoms with E-state index in [1.165, 1.54) is 77.0 Å². The summed E-state index contributed by atoms with van der Waals surface area (Å²) in [7, 11) is -4.25. The van der Waals surface area contributed by atoms with Crippen molar-refractivity contribution < 1.29 is 18.9 Å². The van der Waals surface area contributed by atoms with Crippen molar-refractivity contribution in [3.8, 4) is 0 Å². The van der Waals surface area contributed by atoms with Gasteiger partial charge in [0.25, 0.3) is 0 Å². The van der Waals surface area contributed by atoms with E-state index in [9.17, 15) is 4.57 Å². The van der Waals surface area contributed by atoms with Gasteiger partial charge >= 0.3 is 59.2 Å². The molecule has 136 valence electrons. The van der Waals surface area contributed by atoms with Crippen molar-refractivity contribution in [3.63, 3.8) is 0 Å². The summed E-state index contributed by atoms with van der Waals surface area (Å²) in [6.07, 6.45) is 19.2. The molecule has 2 N–H and O–H groups in total. The minimum atomic E-state index is -4.25. The first-order chi connectivity index (χ1) is 10.6. The third-order valence-electron chi connectivity index (χ3n) is 4.01. The predicted molar refractivity (Wildman–Crippen MR) is 100 cm³/mol. The van der Waals surface area contributed by atoms with Gasteiger partial charge in [-0.15, -0.1) is 0 Å². The standard InChI is InChI=1S/C17H37O4P.K.H/c1-2-3-4-5-6-7-8-9-10-11-12-13-14-15-16-17-21-22(18,19)20;;/h2-17H2,1H3,(H2,18,19,20);;. The molecule has 0 aliphatic rings. The van der Waals surface area contributed by atoms with Crippen LogP contribution in [0.4, 0.5) is 0 Å². The summed E-state index contributed by atoms with van der Waals surface area (Å²) < 4.78 is 14.9. The van der Waals surface area contributed by atoms with Crippen LogP contribution in [0.3, 0.4) is 0 Å². The fourth-order valence-electron chi connectivity index (χ4n) is 2.66. The Kier molecular flexibility index (Phi) is 23.5. The summed E-state index contributed by atoms with van der Waals surface area (Å²) in [4.78, 5) is 17.0. The maximum atomic E-state index is 10.5. The Labute approximate surface area is 186 Å². The molecule has 0 radical (unpaired) electrons. The average Bonchev–Trinajstić information content (AvgIpc) is 2.45. The molecule has 0 unspecified atom stereocenters. The number of hydrogen-bond acceptors (Lipinski definition) is 2. The quantitative estimate of drug-likeness (QED) is 0.205. The van der Waals surface area contributed by atoms with Gasteiger partial charge in [-0.3, -0.25) is 4.52 Å². The van der Waals surface area contributed by atoms with Gasteiger partial charge in [0.2, 0.25) is 0 Å². The van der Waals surface area contributed by atoms with E-state index in [1.807, 2.05) is 0 Å². The summed E-state index contributed by atoms with van der Waals surface area (Å²) in [5.41, 5.74) is 0. The Balaban J connectivity index is 0. The SMILES string of the molecule is CCCCCCCCCCCCCCCCCOP(=O)(O)O.[KH]. The van der Waals surface area contributed by atoms with Gasteiger partial charge in [-0.2, -0.15) is 0 Å². The van der Waals surface area contributed by atoms with Crippen molar-refractivity contribution in [2.45, 2.75) is 103 Å². The number of phosphoric ester groups is 1. The van der Waals surface area contributed by atoms with Crippen molar-refractivity contribution in [2.24, 2.45) is 0 Å². The van der Waals surface area contributed by atoms with Crippen LogP contribution in [0.1, 0.15) is 103 Å². The molecule has 4 nitrogen and oxygen atoms in total. The Morgan fingerprint density at radius 2 is 0.957 bits per heavy atom. The van der Waals surface area contributed by atoms with Gasteiger partial charge < -0.3 is 9.79 Å². The van der Waals surface area contributed by atoms with Gasteiger partial charge in [0.05, 0.1) is 6.61 Å². The Hall–Kier alpha value is 1.75. The van der Waals surface area contributed by atoms with E-state index in [0.717, 1.165) is 19.3 Å². The molecule has 0 rings (SSSR count). The molecule has 0 aromatic rings. The molecule has 0 saturated carbocycles. The number of rotatable bonds is 17. The maximum absolute atomic E-state index is 10.5. The summed E-state index contributed by atoms with van der Waals surface area (Å²) in [6, 6.07) is 0. The Bertz CT molecular complexity index is 271. The van der Waals surface area contributed by atoms with Gasteiger partial charge in [-0.05, 0) is 6.42 Å². The van der Waals surface area contributed by atoms with Crippen LogP contribution in [0.25, 0.3) is 0 Å². The van der Waals surface area contributed by atoms with Crippen LogP contribution < -0.4 is 0 Å². The van der Waals surface area contributed by atoms with E-state index in [-0.39, 0.29) is 58.0 Å². The molecule has 0 fully saturated rings. The zero-order chi connectivity index (χ0) is 16.5. The number of unbranched alkanes of at least 4 members (excludes halogenated alkanes) is 14. The van der Waals surface area contributed by atoms with Crippen LogP contribution in [0.5, 0.6) is 0 Å². The fraction of sp³-hybridized carbons (Fsp3) is 1.00. The normalized spacial score (nSPS) is 11.4. The van der Waals surface area contributed by atoms with Crippen LogP contribution in [-0.4, -0.2) is 67.8 Å². The van der Waals surface area contributed by atoms with E-state index in [2.05, 4.69) is 11.4 Å². The molecule has 0 atom stereocenters. The molecular formula is C17H38KO4P. The molecule has 0 spiro atoms. The zero-order valence-electron chi connectivity index (χ0n) is 14.5. The number of hydrogen-bond donors (Lipinski definition) is 2. The fourth-order valence-corrected chi connectivity index (χ4v) is 3.02. The van der Waals surface area contributed by atoms with Crippen molar-refractivity contribution >= 4 is 59.2 Å². The van der Waals surface area contributed by atoms with Crippen molar-refractivity contribution in [2.75, 3.05) is 6.61 Å². The topological polar surface area (TPSA) is 66.8 Å². The van der Waals surface area contributed by atoms with E-state index in [1.54, 1.807) is 0 Å². The molecule has 6 heteroatoms. The first-order valence-corrected chi connectivity index (χ1v) is 10.8. The van der Waals surface area contributed by atoms with Crippen molar-refractivity contribution in [3.05, 3.63) is 0 Å². The second-order valence-electron chi connectivity index (χ2n) is 6.27. The van der Waals surface area contributed by atoms with Crippen LogP contribution in [0.2, 0.25) is 0 Å². The monoisotopic (exact) mass is 376 g/mol. The van der Waals surface area contributed by atoms with Gasteiger partial charge in [-0.1, -0.05) is 96.8 Å². The van der Waals surface area contributed by atoms with Crippen LogP contribution in [0, 0.1) is 0 Å². The first-order valence-electron chi connectivity index (χ1n) is 9.26. The van der Waals surface area contributed by atoms with Crippen LogP contribution in [-0.2, 0) is 9.09 Å². The van der Waals surface area contributed by atoms with Crippen molar-refractivity contribution in [1.82, 2.24) is 0 Å².